The molecule has 0 fully saturated rings. The van der Waals surface area contributed by atoms with E-state index in [4.69, 9.17) is 5.73 Å². The van der Waals surface area contributed by atoms with Crippen LogP contribution in [0.5, 0.6) is 0 Å². The smallest absolute Gasteiger partial charge is 0.241 e. The Morgan fingerprint density at radius 3 is 2.43 bits per heavy atom. The van der Waals surface area contributed by atoms with Crippen molar-refractivity contribution in [1.29, 1.82) is 0 Å². The average molecular weight is 314 g/mol. The van der Waals surface area contributed by atoms with Crippen LogP contribution in [0.2, 0.25) is 0 Å². The molecular weight excluding hydrogens is 291 g/mol. The van der Waals surface area contributed by atoms with E-state index in [-0.39, 0.29) is 11.7 Å². The molecule has 0 aliphatic rings. The van der Waals surface area contributed by atoms with E-state index < -0.39 is 11.5 Å². The van der Waals surface area contributed by atoms with Crippen LogP contribution in [-0.4, -0.2) is 12.5 Å². The predicted octanol–water partition coefficient (Wildman–Crippen LogP) is 3.23. The fraction of sp³-hybridized carbons (Fsp3) is 0.316. The van der Waals surface area contributed by atoms with Gasteiger partial charge in [-0.05, 0) is 29.7 Å². The van der Waals surface area contributed by atoms with Gasteiger partial charge in [-0.2, -0.15) is 0 Å². The summed E-state index contributed by atoms with van der Waals surface area (Å²) in [5.74, 6) is -0.529. The van der Waals surface area contributed by atoms with Crippen molar-refractivity contribution in [1.82, 2.24) is 5.32 Å². The van der Waals surface area contributed by atoms with E-state index >= 15 is 0 Å². The summed E-state index contributed by atoms with van der Waals surface area (Å²) in [5.41, 5.74) is 7.88. The van der Waals surface area contributed by atoms with Crippen molar-refractivity contribution in [2.75, 3.05) is 6.54 Å². The van der Waals surface area contributed by atoms with Gasteiger partial charge in [0.05, 0.1) is 0 Å². The molecule has 2 aromatic carbocycles. The third kappa shape index (κ3) is 3.96. The Hall–Kier alpha value is -2.20. The first-order valence-electron chi connectivity index (χ1n) is 7.67. The molecule has 0 aliphatic heterocycles. The van der Waals surface area contributed by atoms with E-state index in [9.17, 15) is 9.18 Å². The van der Waals surface area contributed by atoms with Crippen LogP contribution in [0.15, 0.2) is 48.5 Å². The van der Waals surface area contributed by atoms with Crippen molar-refractivity contribution in [3.8, 4) is 0 Å². The van der Waals surface area contributed by atoms with Crippen LogP contribution in [-0.2, 0) is 10.2 Å². The minimum atomic E-state index is -0.729. The SMILES string of the molecule is Cc1ccccc1C(N)C(=O)NCC(C)(C)c1ccccc1F. The lowest BCUT2D eigenvalue weighted by Gasteiger charge is -2.27. The number of carbonyl (C=O) groups excluding carboxylic acids is 1. The fourth-order valence-corrected chi connectivity index (χ4v) is 2.60. The molecule has 0 radical (unpaired) electrons. The van der Waals surface area contributed by atoms with Gasteiger partial charge in [0.15, 0.2) is 0 Å². The molecule has 3 N–H and O–H groups in total. The molecule has 1 atom stereocenters. The van der Waals surface area contributed by atoms with Crippen LogP contribution in [0, 0.1) is 12.7 Å². The predicted molar refractivity (Wildman–Crippen MR) is 90.5 cm³/mol. The Labute approximate surface area is 136 Å². The zero-order valence-corrected chi connectivity index (χ0v) is 13.8. The van der Waals surface area contributed by atoms with E-state index in [1.54, 1.807) is 18.2 Å². The number of halogens is 1. The van der Waals surface area contributed by atoms with E-state index in [0.29, 0.717) is 12.1 Å². The Bertz CT molecular complexity index is 697. The first kappa shape index (κ1) is 17.2. The molecule has 0 saturated heterocycles. The normalized spacial score (nSPS) is 12.7. The third-order valence-corrected chi connectivity index (χ3v) is 4.11. The number of rotatable bonds is 5. The van der Waals surface area contributed by atoms with Gasteiger partial charge in [0.1, 0.15) is 11.9 Å². The van der Waals surface area contributed by atoms with E-state index in [2.05, 4.69) is 5.32 Å². The molecule has 2 aromatic rings. The van der Waals surface area contributed by atoms with Crippen LogP contribution >= 0.6 is 0 Å². The van der Waals surface area contributed by atoms with Crippen molar-refractivity contribution < 1.29 is 9.18 Å². The number of hydrogen-bond donors (Lipinski definition) is 2. The second-order valence-electron chi connectivity index (χ2n) is 6.42. The molecule has 23 heavy (non-hydrogen) atoms. The second kappa shape index (κ2) is 6.92. The topological polar surface area (TPSA) is 55.1 Å². The lowest BCUT2D eigenvalue weighted by Crippen LogP contribution is -2.41. The lowest BCUT2D eigenvalue weighted by atomic mass is 9.84. The summed E-state index contributed by atoms with van der Waals surface area (Å²) < 4.78 is 13.9. The molecule has 122 valence electrons. The maximum Gasteiger partial charge on any atom is 0.241 e. The quantitative estimate of drug-likeness (QED) is 0.890. The highest BCUT2D eigenvalue weighted by Gasteiger charge is 2.26. The standard InChI is InChI=1S/C19H23FN2O/c1-13-8-4-5-9-14(13)17(21)18(23)22-12-19(2,3)15-10-6-7-11-16(15)20/h4-11,17H,12,21H2,1-3H3,(H,22,23). The van der Waals surface area contributed by atoms with Gasteiger partial charge in [-0.25, -0.2) is 4.39 Å². The molecule has 3 nitrogen and oxygen atoms in total. The van der Waals surface area contributed by atoms with Gasteiger partial charge in [0, 0.05) is 12.0 Å². The molecule has 1 unspecified atom stereocenters. The average Bonchev–Trinajstić information content (AvgIpc) is 2.53. The summed E-state index contributed by atoms with van der Waals surface area (Å²) in [5, 5.41) is 2.84. The van der Waals surface area contributed by atoms with Crippen LogP contribution in [0.25, 0.3) is 0 Å². The number of nitrogens with one attached hydrogen (secondary N) is 1. The van der Waals surface area contributed by atoms with Gasteiger partial charge < -0.3 is 11.1 Å². The summed E-state index contributed by atoms with van der Waals surface area (Å²) in [4.78, 5) is 12.3. The summed E-state index contributed by atoms with van der Waals surface area (Å²) >= 11 is 0. The molecule has 0 aliphatic carbocycles. The minimum Gasteiger partial charge on any atom is -0.354 e. The zero-order valence-electron chi connectivity index (χ0n) is 13.8. The van der Waals surface area contributed by atoms with E-state index in [1.807, 2.05) is 45.0 Å². The summed E-state index contributed by atoms with van der Waals surface area (Å²) in [6, 6.07) is 13.4. The number of amides is 1. The number of hydrogen-bond acceptors (Lipinski definition) is 2. The van der Waals surface area contributed by atoms with Gasteiger partial charge in [-0.15, -0.1) is 0 Å². The van der Waals surface area contributed by atoms with Crippen LogP contribution in [0.3, 0.4) is 0 Å². The van der Waals surface area contributed by atoms with Crippen molar-refractivity contribution >= 4 is 5.91 Å². The number of nitrogens with two attached hydrogens (primary N) is 1. The monoisotopic (exact) mass is 314 g/mol. The Morgan fingerprint density at radius 2 is 1.78 bits per heavy atom. The highest BCUT2D eigenvalue weighted by molar-refractivity contribution is 5.83. The van der Waals surface area contributed by atoms with Crippen LogP contribution in [0.4, 0.5) is 4.39 Å². The van der Waals surface area contributed by atoms with Gasteiger partial charge in [0.2, 0.25) is 5.91 Å². The maximum atomic E-state index is 13.9. The number of carbonyl (C=O) groups is 1. The van der Waals surface area contributed by atoms with Gasteiger partial charge in [-0.3, -0.25) is 4.79 Å². The molecule has 2 rings (SSSR count). The highest BCUT2D eigenvalue weighted by atomic mass is 19.1. The van der Waals surface area contributed by atoms with E-state index in [0.717, 1.165) is 11.1 Å². The summed E-state index contributed by atoms with van der Waals surface area (Å²) in [6.07, 6.45) is 0. The van der Waals surface area contributed by atoms with Crippen molar-refractivity contribution in [2.24, 2.45) is 5.73 Å². The highest BCUT2D eigenvalue weighted by Crippen LogP contribution is 2.25. The molecule has 0 saturated carbocycles. The van der Waals surface area contributed by atoms with Crippen molar-refractivity contribution in [3.05, 3.63) is 71.0 Å². The Morgan fingerprint density at radius 1 is 1.17 bits per heavy atom. The Kier molecular flexibility index (Phi) is 5.16. The third-order valence-electron chi connectivity index (χ3n) is 4.11. The van der Waals surface area contributed by atoms with Gasteiger partial charge in [0.25, 0.3) is 0 Å². The summed E-state index contributed by atoms with van der Waals surface area (Å²) in [7, 11) is 0. The molecule has 0 heterocycles. The Balaban J connectivity index is 2.07. The van der Waals surface area contributed by atoms with Crippen LogP contribution < -0.4 is 11.1 Å². The molecule has 0 bridgehead atoms. The first-order chi connectivity index (χ1) is 10.8. The van der Waals surface area contributed by atoms with E-state index in [1.165, 1.54) is 6.07 Å². The minimum absolute atomic E-state index is 0.260. The molecule has 0 spiro atoms. The molecule has 1 amide bonds. The van der Waals surface area contributed by atoms with Crippen molar-refractivity contribution in [3.63, 3.8) is 0 Å². The van der Waals surface area contributed by atoms with Gasteiger partial charge >= 0.3 is 0 Å². The second-order valence-corrected chi connectivity index (χ2v) is 6.42. The molecule has 4 heteroatoms. The largest absolute Gasteiger partial charge is 0.354 e. The van der Waals surface area contributed by atoms with Crippen LogP contribution in [0.1, 0.15) is 36.6 Å². The van der Waals surface area contributed by atoms with Gasteiger partial charge in [-0.1, -0.05) is 56.3 Å². The molecular formula is C19H23FN2O. The first-order valence-corrected chi connectivity index (χ1v) is 7.67. The number of aryl methyl sites for hydroxylation is 1. The molecule has 0 aromatic heterocycles. The fourth-order valence-electron chi connectivity index (χ4n) is 2.60. The maximum absolute atomic E-state index is 13.9. The van der Waals surface area contributed by atoms with Crippen molar-refractivity contribution in [2.45, 2.75) is 32.2 Å². The summed E-state index contributed by atoms with van der Waals surface area (Å²) in [6.45, 7) is 6.02. The number of benzene rings is 2. The lowest BCUT2D eigenvalue weighted by molar-refractivity contribution is -0.122. The zero-order chi connectivity index (χ0) is 17.0.